The van der Waals surface area contributed by atoms with Crippen molar-refractivity contribution in [2.75, 3.05) is 11.5 Å². The van der Waals surface area contributed by atoms with E-state index < -0.39 is 22.0 Å². The molecule has 0 aliphatic heterocycles. The molecule has 0 fully saturated rings. The molecule has 2 aromatic carbocycles. The second kappa shape index (κ2) is 8.24. The van der Waals surface area contributed by atoms with Crippen molar-refractivity contribution in [2.45, 2.75) is 25.0 Å². The Bertz CT molecular complexity index is 628. The van der Waals surface area contributed by atoms with E-state index in [1.54, 1.807) is 0 Å². The van der Waals surface area contributed by atoms with Gasteiger partial charge in [0, 0.05) is 0 Å². The number of hydrogen-bond donors (Lipinski definition) is 2. The molecule has 124 valence electrons. The third-order valence-electron chi connectivity index (χ3n) is 3.52. The van der Waals surface area contributed by atoms with Crippen molar-refractivity contribution in [3.05, 3.63) is 71.8 Å². The van der Waals surface area contributed by atoms with Gasteiger partial charge in [0.1, 0.15) is 0 Å². The molecule has 0 saturated heterocycles. The van der Waals surface area contributed by atoms with Gasteiger partial charge in [-0.05, 0) is 24.0 Å². The zero-order valence-electron chi connectivity index (χ0n) is 12.9. The maximum atomic E-state index is 12.1. The number of aliphatic hydroxyl groups excluding tert-OH is 2. The molecule has 2 rings (SSSR count). The predicted molar refractivity (Wildman–Crippen MR) is 91.0 cm³/mol. The van der Waals surface area contributed by atoms with E-state index >= 15 is 0 Å². The Morgan fingerprint density at radius 2 is 1.04 bits per heavy atom. The van der Waals surface area contributed by atoms with E-state index in [0.717, 1.165) is 11.1 Å². The van der Waals surface area contributed by atoms with Crippen LogP contribution in [0.2, 0.25) is 0 Å². The Labute approximate surface area is 137 Å². The molecule has 0 bridgehead atoms. The highest BCUT2D eigenvalue weighted by molar-refractivity contribution is 7.91. The summed E-state index contributed by atoms with van der Waals surface area (Å²) in [6.45, 7) is 0. The van der Waals surface area contributed by atoms with Crippen molar-refractivity contribution in [1.29, 1.82) is 0 Å². The monoisotopic (exact) mass is 334 g/mol. The molecule has 5 heteroatoms. The van der Waals surface area contributed by atoms with Gasteiger partial charge < -0.3 is 10.2 Å². The number of aliphatic hydroxyl groups is 2. The van der Waals surface area contributed by atoms with Gasteiger partial charge in [0.25, 0.3) is 0 Å². The van der Waals surface area contributed by atoms with Crippen molar-refractivity contribution < 1.29 is 18.6 Å². The molecule has 2 aromatic rings. The first-order valence-electron chi connectivity index (χ1n) is 7.59. The first-order chi connectivity index (χ1) is 10.9. The van der Waals surface area contributed by atoms with Crippen LogP contribution in [0.3, 0.4) is 0 Å². The Hall–Kier alpha value is -1.69. The van der Waals surface area contributed by atoms with E-state index in [2.05, 4.69) is 0 Å². The van der Waals surface area contributed by atoms with Crippen molar-refractivity contribution in [1.82, 2.24) is 0 Å². The van der Waals surface area contributed by atoms with Gasteiger partial charge in [-0.15, -0.1) is 0 Å². The third kappa shape index (κ3) is 6.52. The highest BCUT2D eigenvalue weighted by Crippen LogP contribution is 2.09. The van der Waals surface area contributed by atoms with Gasteiger partial charge in [0.2, 0.25) is 0 Å². The van der Waals surface area contributed by atoms with Crippen molar-refractivity contribution in [3.63, 3.8) is 0 Å². The zero-order valence-corrected chi connectivity index (χ0v) is 13.7. The lowest BCUT2D eigenvalue weighted by atomic mass is 10.1. The summed E-state index contributed by atoms with van der Waals surface area (Å²) in [6.07, 6.45) is -1.36. The van der Waals surface area contributed by atoms with Crippen LogP contribution in [0.15, 0.2) is 60.7 Å². The highest BCUT2D eigenvalue weighted by Gasteiger charge is 2.21. The van der Waals surface area contributed by atoms with Crippen molar-refractivity contribution >= 4 is 9.84 Å². The summed E-state index contributed by atoms with van der Waals surface area (Å²) in [5, 5.41) is 20.0. The van der Waals surface area contributed by atoms with Crippen LogP contribution < -0.4 is 0 Å². The van der Waals surface area contributed by atoms with Crippen LogP contribution in [0.25, 0.3) is 0 Å². The zero-order chi connectivity index (χ0) is 16.7. The minimum absolute atomic E-state index is 0.287. The molecule has 0 spiro atoms. The number of sulfone groups is 1. The fourth-order valence-electron chi connectivity index (χ4n) is 2.54. The Morgan fingerprint density at radius 3 is 1.39 bits per heavy atom. The lowest BCUT2D eigenvalue weighted by molar-refractivity contribution is 0.190. The van der Waals surface area contributed by atoms with Crippen molar-refractivity contribution in [3.8, 4) is 0 Å². The average Bonchev–Trinajstić information content (AvgIpc) is 2.47. The molecular formula is C18H22O4S. The summed E-state index contributed by atoms with van der Waals surface area (Å²) in [7, 11) is -3.52. The third-order valence-corrected chi connectivity index (χ3v) is 5.31. The minimum atomic E-state index is -3.52. The standard InChI is InChI=1S/C18H22O4S/c19-17(11-15-7-3-1-4-8-15)13-23(21,22)14-18(20)12-16-9-5-2-6-10-16/h1-10,17-20H,11-14H2. The maximum absolute atomic E-state index is 12.1. The van der Waals surface area contributed by atoms with Crippen LogP contribution in [0.4, 0.5) is 0 Å². The summed E-state index contributed by atoms with van der Waals surface area (Å²) in [5.41, 5.74) is 1.78. The average molecular weight is 334 g/mol. The molecule has 0 aliphatic rings. The second-order valence-electron chi connectivity index (χ2n) is 5.76. The van der Waals surface area contributed by atoms with E-state index in [4.69, 9.17) is 0 Å². The smallest absolute Gasteiger partial charge is 0.155 e. The van der Waals surface area contributed by atoms with E-state index in [1.807, 2.05) is 60.7 Å². The molecule has 0 heterocycles. The number of hydrogen-bond acceptors (Lipinski definition) is 4. The van der Waals surface area contributed by atoms with Crippen LogP contribution in [0.5, 0.6) is 0 Å². The summed E-state index contributed by atoms with van der Waals surface area (Å²) in [4.78, 5) is 0. The molecule has 0 saturated carbocycles. The molecular weight excluding hydrogens is 312 g/mol. The molecule has 0 radical (unpaired) electrons. The lowest BCUT2D eigenvalue weighted by Gasteiger charge is -2.14. The summed E-state index contributed by atoms with van der Waals surface area (Å²) in [5.74, 6) is -0.679. The van der Waals surface area contributed by atoms with Gasteiger partial charge in [-0.3, -0.25) is 0 Å². The van der Waals surface area contributed by atoms with Crippen LogP contribution in [0.1, 0.15) is 11.1 Å². The van der Waals surface area contributed by atoms with Gasteiger partial charge >= 0.3 is 0 Å². The quantitative estimate of drug-likeness (QED) is 0.769. The second-order valence-corrected chi connectivity index (χ2v) is 7.92. The largest absolute Gasteiger partial charge is 0.392 e. The topological polar surface area (TPSA) is 74.6 Å². The summed E-state index contributed by atoms with van der Waals surface area (Å²) < 4.78 is 24.2. The molecule has 0 aliphatic carbocycles. The molecule has 2 atom stereocenters. The van der Waals surface area contributed by atoms with Crippen LogP contribution in [-0.4, -0.2) is 42.3 Å². The Balaban J connectivity index is 1.86. The molecule has 2 unspecified atom stereocenters. The number of rotatable bonds is 8. The summed E-state index contributed by atoms with van der Waals surface area (Å²) >= 11 is 0. The van der Waals surface area contributed by atoms with Gasteiger partial charge in [-0.2, -0.15) is 0 Å². The molecule has 0 amide bonds. The van der Waals surface area contributed by atoms with Crippen LogP contribution >= 0.6 is 0 Å². The summed E-state index contributed by atoms with van der Waals surface area (Å²) in [6, 6.07) is 18.5. The van der Waals surface area contributed by atoms with Crippen molar-refractivity contribution in [2.24, 2.45) is 0 Å². The van der Waals surface area contributed by atoms with E-state index in [1.165, 1.54) is 0 Å². The fraction of sp³-hybridized carbons (Fsp3) is 0.333. The lowest BCUT2D eigenvalue weighted by Crippen LogP contribution is -2.30. The minimum Gasteiger partial charge on any atom is -0.392 e. The Morgan fingerprint density at radius 1 is 0.696 bits per heavy atom. The van der Waals surface area contributed by atoms with Gasteiger partial charge in [0.05, 0.1) is 23.7 Å². The molecule has 23 heavy (non-hydrogen) atoms. The Kier molecular flexibility index (Phi) is 6.33. The molecule has 0 aromatic heterocycles. The van der Waals surface area contributed by atoms with E-state index in [-0.39, 0.29) is 24.3 Å². The van der Waals surface area contributed by atoms with Crippen LogP contribution in [-0.2, 0) is 22.7 Å². The molecule has 2 N–H and O–H groups in total. The normalized spacial score (nSPS) is 14.3. The van der Waals surface area contributed by atoms with Gasteiger partial charge in [-0.1, -0.05) is 60.7 Å². The number of benzene rings is 2. The highest BCUT2D eigenvalue weighted by atomic mass is 32.2. The van der Waals surface area contributed by atoms with Gasteiger partial charge in [0.15, 0.2) is 9.84 Å². The van der Waals surface area contributed by atoms with Gasteiger partial charge in [-0.25, -0.2) is 8.42 Å². The van der Waals surface area contributed by atoms with Crippen LogP contribution in [0, 0.1) is 0 Å². The first-order valence-corrected chi connectivity index (χ1v) is 9.41. The maximum Gasteiger partial charge on any atom is 0.155 e. The fourth-order valence-corrected chi connectivity index (χ4v) is 4.09. The first kappa shape index (κ1) is 17.7. The molecule has 4 nitrogen and oxygen atoms in total. The van der Waals surface area contributed by atoms with E-state index in [0.29, 0.717) is 0 Å². The predicted octanol–water partition coefficient (Wildman–Crippen LogP) is 1.61. The SMILES string of the molecule is O=S(=O)(CC(O)Cc1ccccc1)CC(O)Cc1ccccc1. The van der Waals surface area contributed by atoms with E-state index in [9.17, 15) is 18.6 Å².